The smallest absolute Gasteiger partial charge is 0.245 e. The van der Waals surface area contributed by atoms with Crippen molar-refractivity contribution in [3.63, 3.8) is 0 Å². The van der Waals surface area contributed by atoms with Crippen molar-refractivity contribution in [2.24, 2.45) is 0 Å². The molecule has 7 heteroatoms. The van der Waals surface area contributed by atoms with Crippen molar-refractivity contribution in [3.05, 3.63) is 18.1 Å². The summed E-state index contributed by atoms with van der Waals surface area (Å²) in [6.07, 6.45) is 2.61. The van der Waals surface area contributed by atoms with E-state index in [4.69, 9.17) is 0 Å². The quantitative estimate of drug-likeness (QED) is 0.892. The second-order valence-electron chi connectivity index (χ2n) is 4.72. The highest BCUT2D eigenvalue weighted by atomic mass is 16.2. The summed E-state index contributed by atoms with van der Waals surface area (Å²) in [5.41, 5.74) is 0.780. The third-order valence-corrected chi connectivity index (χ3v) is 3.39. The highest BCUT2D eigenvalue weighted by molar-refractivity contribution is 5.81. The Kier molecular flexibility index (Phi) is 2.81. The maximum Gasteiger partial charge on any atom is 0.245 e. The first-order valence-corrected chi connectivity index (χ1v) is 6.44. The van der Waals surface area contributed by atoms with Crippen molar-refractivity contribution in [1.29, 1.82) is 0 Å². The second-order valence-corrected chi connectivity index (χ2v) is 4.72. The molecular formula is C12H16N6O. The molecule has 0 saturated heterocycles. The maximum atomic E-state index is 12.3. The van der Waals surface area contributed by atoms with Crippen molar-refractivity contribution >= 4 is 5.91 Å². The summed E-state index contributed by atoms with van der Waals surface area (Å²) in [5.74, 6) is 1.62. The zero-order chi connectivity index (χ0) is 13.4. The van der Waals surface area contributed by atoms with Crippen LogP contribution < -0.4 is 0 Å². The van der Waals surface area contributed by atoms with E-state index < -0.39 is 0 Å². The highest BCUT2D eigenvalue weighted by Crippen LogP contribution is 2.27. The molecule has 1 aliphatic heterocycles. The molecule has 1 aliphatic rings. The number of fused-ring (bicyclic) bond motifs is 1. The number of aromatic amines is 1. The molecule has 0 aromatic carbocycles. The predicted octanol–water partition coefficient (Wildman–Crippen LogP) is 0.981. The van der Waals surface area contributed by atoms with E-state index in [1.165, 1.54) is 0 Å². The standard InChI is InChI=1S/C12H16N6O/c1-3-6-17-7-10-15-16-11(9-4-5-13-14-9)18(10)8(2)12(17)19/h4-5,8H,3,6-7H2,1-2H3,(H,13,14)/t8-/m1/s1. The lowest BCUT2D eigenvalue weighted by Crippen LogP contribution is -2.42. The summed E-state index contributed by atoms with van der Waals surface area (Å²) in [4.78, 5) is 14.2. The molecule has 3 rings (SSSR count). The Hall–Kier alpha value is -2.18. The molecular weight excluding hydrogens is 244 g/mol. The van der Waals surface area contributed by atoms with Gasteiger partial charge in [0.25, 0.3) is 0 Å². The first kappa shape index (κ1) is 11.9. The SMILES string of the molecule is CCCN1Cc2nnc(-c3ccn[nH]3)n2[C@H](C)C1=O. The van der Waals surface area contributed by atoms with Crippen molar-refractivity contribution in [2.75, 3.05) is 6.54 Å². The van der Waals surface area contributed by atoms with E-state index in [0.29, 0.717) is 12.4 Å². The first-order chi connectivity index (χ1) is 9.22. The number of nitrogens with one attached hydrogen (secondary N) is 1. The molecule has 19 heavy (non-hydrogen) atoms. The summed E-state index contributed by atoms with van der Waals surface area (Å²) >= 11 is 0. The van der Waals surface area contributed by atoms with Crippen LogP contribution in [-0.2, 0) is 11.3 Å². The van der Waals surface area contributed by atoms with Crippen LogP contribution in [0.4, 0.5) is 0 Å². The van der Waals surface area contributed by atoms with Crippen molar-refractivity contribution in [1.82, 2.24) is 29.9 Å². The van der Waals surface area contributed by atoms with E-state index >= 15 is 0 Å². The van der Waals surface area contributed by atoms with Gasteiger partial charge in [-0.05, 0) is 19.4 Å². The van der Waals surface area contributed by atoms with Crippen LogP contribution in [0.2, 0.25) is 0 Å². The van der Waals surface area contributed by atoms with Crippen LogP contribution in [0.5, 0.6) is 0 Å². The number of rotatable bonds is 3. The van der Waals surface area contributed by atoms with Crippen molar-refractivity contribution in [2.45, 2.75) is 32.9 Å². The van der Waals surface area contributed by atoms with Crippen LogP contribution in [0.25, 0.3) is 11.5 Å². The van der Waals surface area contributed by atoms with Gasteiger partial charge in [-0.2, -0.15) is 5.10 Å². The van der Waals surface area contributed by atoms with Crippen molar-refractivity contribution < 1.29 is 4.79 Å². The largest absolute Gasteiger partial charge is 0.333 e. The average Bonchev–Trinajstić information content (AvgIpc) is 3.03. The minimum absolute atomic E-state index is 0.120. The summed E-state index contributed by atoms with van der Waals surface area (Å²) in [6, 6.07) is 1.55. The van der Waals surface area contributed by atoms with E-state index in [1.54, 1.807) is 6.20 Å². The number of carbonyl (C=O) groups excluding carboxylic acids is 1. The lowest BCUT2D eigenvalue weighted by atomic mass is 10.2. The van der Waals surface area contributed by atoms with Gasteiger partial charge in [0.05, 0.1) is 6.54 Å². The lowest BCUT2D eigenvalue weighted by Gasteiger charge is -2.31. The molecule has 0 unspecified atom stereocenters. The average molecular weight is 260 g/mol. The zero-order valence-corrected chi connectivity index (χ0v) is 11.0. The molecule has 7 nitrogen and oxygen atoms in total. The first-order valence-electron chi connectivity index (χ1n) is 6.44. The van der Waals surface area contributed by atoms with Crippen molar-refractivity contribution in [3.8, 4) is 11.5 Å². The van der Waals surface area contributed by atoms with Gasteiger partial charge in [-0.3, -0.25) is 14.5 Å². The minimum atomic E-state index is -0.274. The molecule has 0 fully saturated rings. The van der Waals surface area contributed by atoms with Gasteiger partial charge in [0.1, 0.15) is 11.7 Å². The van der Waals surface area contributed by atoms with Gasteiger partial charge in [0.2, 0.25) is 5.91 Å². The zero-order valence-electron chi connectivity index (χ0n) is 11.0. The van der Waals surface area contributed by atoms with Gasteiger partial charge in [-0.15, -0.1) is 10.2 Å². The number of H-pyrrole nitrogens is 1. The fourth-order valence-corrected chi connectivity index (χ4v) is 2.48. The third-order valence-electron chi connectivity index (χ3n) is 3.39. The van der Waals surface area contributed by atoms with Gasteiger partial charge in [-0.1, -0.05) is 6.92 Å². The highest BCUT2D eigenvalue weighted by Gasteiger charge is 2.33. The normalized spacial score (nSPS) is 18.7. The summed E-state index contributed by atoms with van der Waals surface area (Å²) in [6.45, 7) is 5.23. The molecule has 100 valence electrons. The van der Waals surface area contributed by atoms with Gasteiger partial charge in [-0.25, -0.2) is 0 Å². The third kappa shape index (κ3) is 1.81. The van der Waals surface area contributed by atoms with E-state index in [1.807, 2.05) is 22.5 Å². The monoisotopic (exact) mass is 260 g/mol. The van der Waals surface area contributed by atoms with Gasteiger partial charge >= 0.3 is 0 Å². The molecule has 1 amide bonds. The van der Waals surface area contributed by atoms with E-state index in [0.717, 1.165) is 24.5 Å². The van der Waals surface area contributed by atoms with Crippen LogP contribution in [0.15, 0.2) is 12.3 Å². The summed E-state index contributed by atoms with van der Waals surface area (Å²) in [7, 11) is 0. The topological polar surface area (TPSA) is 79.7 Å². The Morgan fingerprint density at radius 2 is 2.32 bits per heavy atom. The fourth-order valence-electron chi connectivity index (χ4n) is 2.48. The minimum Gasteiger partial charge on any atom is -0.333 e. The Labute approximate surface area is 110 Å². The number of hydrogen-bond acceptors (Lipinski definition) is 4. The predicted molar refractivity (Wildman–Crippen MR) is 68.0 cm³/mol. The van der Waals surface area contributed by atoms with E-state index in [-0.39, 0.29) is 11.9 Å². The second kappa shape index (κ2) is 4.49. The number of hydrogen-bond donors (Lipinski definition) is 1. The summed E-state index contributed by atoms with van der Waals surface area (Å²) in [5, 5.41) is 15.2. The number of carbonyl (C=O) groups is 1. The Morgan fingerprint density at radius 1 is 1.47 bits per heavy atom. The number of nitrogens with zero attached hydrogens (tertiary/aromatic N) is 5. The molecule has 1 atom stereocenters. The molecule has 2 aromatic heterocycles. The van der Waals surface area contributed by atoms with E-state index in [2.05, 4.69) is 27.3 Å². The Balaban J connectivity index is 2.02. The molecule has 0 saturated carbocycles. The van der Waals surface area contributed by atoms with E-state index in [9.17, 15) is 4.79 Å². The van der Waals surface area contributed by atoms with Crippen LogP contribution in [0.1, 0.15) is 32.1 Å². The molecule has 0 bridgehead atoms. The van der Waals surface area contributed by atoms with Crippen LogP contribution in [0.3, 0.4) is 0 Å². The van der Waals surface area contributed by atoms with Gasteiger partial charge in [0.15, 0.2) is 11.6 Å². The number of amides is 1. The lowest BCUT2D eigenvalue weighted by molar-refractivity contribution is -0.136. The molecule has 0 aliphatic carbocycles. The molecule has 1 N–H and O–H groups in total. The van der Waals surface area contributed by atoms with Crippen LogP contribution >= 0.6 is 0 Å². The Morgan fingerprint density at radius 3 is 3.00 bits per heavy atom. The fraction of sp³-hybridized carbons (Fsp3) is 0.500. The van der Waals surface area contributed by atoms with Crippen LogP contribution in [0, 0.1) is 0 Å². The van der Waals surface area contributed by atoms with Crippen LogP contribution in [-0.4, -0.2) is 42.3 Å². The molecule has 3 heterocycles. The maximum absolute atomic E-state index is 12.3. The molecule has 0 radical (unpaired) electrons. The number of aromatic nitrogens is 5. The van der Waals surface area contributed by atoms with Gasteiger partial charge in [0, 0.05) is 12.7 Å². The molecule has 0 spiro atoms. The molecule has 2 aromatic rings. The Bertz CT molecular complexity index is 587. The summed E-state index contributed by atoms with van der Waals surface area (Å²) < 4.78 is 1.89. The van der Waals surface area contributed by atoms with Gasteiger partial charge < -0.3 is 4.90 Å².